The van der Waals surface area contributed by atoms with Gasteiger partial charge >= 0.3 is 0 Å². The smallest absolute Gasteiger partial charge is 0.231 e. The first-order chi connectivity index (χ1) is 11.6. The highest BCUT2D eigenvalue weighted by atomic mass is 16.7. The van der Waals surface area contributed by atoms with Crippen LogP contribution in [0.5, 0.6) is 11.5 Å². The van der Waals surface area contributed by atoms with E-state index in [1.807, 2.05) is 49.6 Å². The van der Waals surface area contributed by atoms with Gasteiger partial charge < -0.3 is 19.3 Å². The van der Waals surface area contributed by atoms with Crippen LogP contribution in [0.1, 0.15) is 11.1 Å². The van der Waals surface area contributed by atoms with Gasteiger partial charge in [0.25, 0.3) is 0 Å². The number of aliphatic hydroxyl groups excluding tert-OH is 1. The van der Waals surface area contributed by atoms with Gasteiger partial charge in [-0.1, -0.05) is 6.07 Å². The average Bonchev–Trinajstić information content (AvgIpc) is 3.15. The Hall–Kier alpha value is -2.09. The van der Waals surface area contributed by atoms with Crippen LogP contribution in [-0.2, 0) is 24.9 Å². The first kappa shape index (κ1) is 16.8. The molecule has 0 amide bonds. The molecular weight excluding hydrogens is 310 g/mol. The molecule has 7 nitrogen and oxygen atoms in total. The van der Waals surface area contributed by atoms with Gasteiger partial charge in [-0.05, 0) is 24.7 Å². The van der Waals surface area contributed by atoms with Gasteiger partial charge in [0, 0.05) is 31.9 Å². The second-order valence-corrected chi connectivity index (χ2v) is 6.08. The lowest BCUT2D eigenvalue weighted by Gasteiger charge is -2.20. The molecule has 0 radical (unpaired) electrons. The summed E-state index contributed by atoms with van der Waals surface area (Å²) in [5, 5.41) is 14.2. The summed E-state index contributed by atoms with van der Waals surface area (Å²) >= 11 is 0. The molecule has 2 heterocycles. The van der Waals surface area contributed by atoms with Gasteiger partial charge in [-0.25, -0.2) is 0 Å². The number of hydrogen-bond donors (Lipinski definition) is 1. The van der Waals surface area contributed by atoms with Gasteiger partial charge in [0.2, 0.25) is 6.79 Å². The molecule has 0 unspecified atom stereocenters. The molecule has 0 saturated carbocycles. The van der Waals surface area contributed by atoms with Gasteiger partial charge in [-0.3, -0.25) is 9.58 Å². The third-order valence-electron chi connectivity index (χ3n) is 3.75. The van der Waals surface area contributed by atoms with E-state index in [2.05, 4.69) is 5.10 Å². The molecule has 1 aliphatic rings. The highest BCUT2D eigenvalue weighted by molar-refractivity contribution is 5.44. The molecule has 1 atom stereocenters. The number of ether oxygens (including phenoxy) is 3. The molecule has 0 saturated heterocycles. The minimum atomic E-state index is -0.541. The van der Waals surface area contributed by atoms with Crippen molar-refractivity contribution in [3.05, 3.63) is 41.7 Å². The molecule has 24 heavy (non-hydrogen) atoms. The molecule has 1 N–H and O–H groups in total. The number of aliphatic hydroxyl groups is 1. The lowest BCUT2D eigenvalue weighted by Crippen LogP contribution is -2.31. The van der Waals surface area contributed by atoms with Crippen LogP contribution in [0.25, 0.3) is 0 Å². The summed E-state index contributed by atoms with van der Waals surface area (Å²) in [4.78, 5) is 2.05. The Balaban J connectivity index is 1.38. The molecule has 1 aromatic heterocycles. The van der Waals surface area contributed by atoms with E-state index in [0.29, 0.717) is 13.2 Å². The van der Waals surface area contributed by atoms with E-state index >= 15 is 0 Å². The fourth-order valence-electron chi connectivity index (χ4n) is 2.69. The molecule has 0 spiro atoms. The van der Waals surface area contributed by atoms with Crippen LogP contribution in [0.2, 0.25) is 0 Å². The highest BCUT2D eigenvalue weighted by Gasteiger charge is 2.14. The average molecular weight is 333 g/mol. The second-order valence-electron chi connectivity index (χ2n) is 6.08. The van der Waals surface area contributed by atoms with E-state index < -0.39 is 6.10 Å². The number of hydrogen-bond acceptors (Lipinski definition) is 6. The fourth-order valence-corrected chi connectivity index (χ4v) is 2.69. The van der Waals surface area contributed by atoms with Crippen molar-refractivity contribution in [2.75, 3.05) is 27.0 Å². The molecule has 0 bridgehead atoms. The van der Waals surface area contributed by atoms with Crippen molar-refractivity contribution in [1.29, 1.82) is 0 Å². The lowest BCUT2D eigenvalue weighted by molar-refractivity contribution is 0.0127. The van der Waals surface area contributed by atoms with Crippen LogP contribution in [0, 0.1) is 0 Å². The molecule has 7 heteroatoms. The van der Waals surface area contributed by atoms with Gasteiger partial charge in [-0.15, -0.1) is 0 Å². The predicted octanol–water partition coefficient (Wildman–Crippen LogP) is 1.16. The Morgan fingerprint density at radius 3 is 2.96 bits per heavy atom. The summed E-state index contributed by atoms with van der Waals surface area (Å²) < 4.78 is 18.0. The van der Waals surface area contributed by atoms with E-state index in [4.69, 9.17) is 14.2 Å². The van der Waals surface area contributed by atoms with Crippen molar-refractivity contribution in [3.8, 4) is 11.5 Å². The lowest BCUT2D eigenvalue weighted by atomic mass is 10.2. The van der Waals surface area contributed by atoms with E-state index in [-0.39, 0.29) is 13.4 Å². The number of fused-ring (bicyclic) bond motifs is 1. The maximum Gasteiger partial charge on any atom is 0.231 e. The molecule has 2 aromatic rings. The zero-order valence-electron chi connectivity index (χ0n) is 14.0. The Bertz CT molecular complexity index is 674. The summed E-state index contributed by atoms with van der Waals surface area (Å²) in [6.07, 6.45) is 3.26. The maximum absolute atomic E-state index is 10.1. The zero-order valence-corrected chi connectivity index (χ0v) is 14.0. The zero-order chi connectivity index (χ0) is 16.9. The largest absolute Gasteiger partial charge is 0.454 e. The summed E-state index contributed by atoms with van der Waals surface area (Å²) in [5.41, 5.74) is 2.11. The van der Waals surface area contributed by atoms with Crippen LogP contribution in [0.4, 0.5) is 0 Å². The molecule has 1 aromatic carbocycles. The minimum Gasteiger partial charge on any atom is -0.454 e. The highest BCUT2D eigenvalue weighted by Crippen LogP contribution is 2.32. The normalized spacial score (nSPS) is 14.3. The standard InChI is InChI=1S/C17H23N3O4/c1-19(7-14-6-18-20(2)8-14)9-15(21)11-22-10-13-3-4-16-17(5-13)24-12-23-16/h3-6,8,15,21H,7,9-12H2,1-2H3/t15-/m0/s1. The molecular formula is C17H23N3O4. The number of likely N-dealkylation sites (N-methyl/N-ethyl adjacent to an activating group) is 1. The van der Waals surface area contributed by atoms with E-state index in [1.54, 1.807) is 4.68 Å². The van der Waals surface area contributed by atoms with Gasteiger partial charge in [0.1, 0.15) is 0 Å². The van der Waals surface area contributed by atoms with Crippen molar-refractivity contribution >= 4 is 0 Å². The first-order valence-corrected chi connectivity index (χ1v) is 7.90. The number of rotatable bonds is 8. The quantitative estimate of drug-likeness (QED) is 0.782. The van der Waals surface area contributed by atoms with E-state index in [9.17, 15) is 5.11 Å². The number of aromatic nitrogens is 2. The van der Waals surface area contributed by atoms with Crippen molar-refractivity contribution in [2.24, 2.45) is 7.05 Å². The SMILES string of the molecule is CN(Cc1cnn(C)c1)C[C@H](O)COCc1ccc2c(c1)OCO2. The molecule has 0 fully saturated rings. The third-order valence-corrected chi connectivity index (χ3v) is 3.75. The van der Waals surface area contributed by atoms with E-state index in [0.717, 1.165) is 29.2 Å². The van der Waals surface area contributed by atoms with Crippen LogP contribution in [-0.4, -0.2) is 52.9 Å². The van der Waals surface area contributed by atoms with Crippen LogP contribution in [0.3, 0.4) is 0 Å². The Morgan fingerprint density at radius 2 is 2.17 bits per heavy atom. The molecule has 0 aliphatic carbocycles. The third kappa shape index (κ3) is 4.47. The second kappa shape index (κ2) is 7.65. The van der Waals surface area contributed by atoms with Gasteiger partial charge in [0.15, 0.2) is 11.5 Å². The first-order valence-electron chi connectivity index (χ1n) is 7.90. The van der Waals surface area contributed by atoms with Crippen molar-refractivity contribution in [1.82, 2.24) is 14.7 Å². The Morgan fingerprint density at radius 1 is 1.33 bits per heavy atom. The number of nitrogens with zero attached hydrogens (tertiary/aromatic N) is 3. The van der Waals surface area contributed by atoms with Crippen molar-refractivity contribution in [2.45, 2.75) is 19.3 Å². The fraction of sp³-hybridized carbons (Fsp3) is 0.471. The van der Waals surface area contributed by atoms with Crippen LogP contribution < -0.4 is 9.47 Å². The maximum atomic E-state index is 10.1. The summed E-state index contributed by atoms with van der Waals surface area (Å²) in [5.74, 6) is 1.50. The van der Waals surface area contributed by atoms with Crippen LogP contribution in [0.15, 0.2) is 30.6 Å². The molecule has 130 valence electrons. The Labute approximate surface area is 141 Å². The van der Waals surface area contributed by atoms with E-state index in [1.165, 1.54) is 0 Å². The predicted molar refractivity (Wildman–Crippen MR) is 87.8 cm³/mol. The topological polar surface area (TPSA) is 69.0 Å². The molecule has 3 rings (SSSR count). The van der Waals surface area contributed by atoms with Crippen molar-refractivity contribution < 1.29 is 19.3 Å². The summed E-state index contributed by atoms with van der Waals surface area (Å²) in [6, 6.07) is 5.72. The van der Waals surface area contributed by atoms with Gasteiger partial charge in [0.05, 0.1) is 25.5 Å². The Kier molecular flexibility index (Phi) is 5.34. The van der Waals surface area contributed by atoms with Crippen molar-refractivity contribution in [3.63, 3.8) is 0 Å². The monoisotopic (exact) mass is 333 g/mol. The summed E-state index contributed by atoms with van der Waals surface area (Å²) in [7, 11) is 3.86. The summed E-state index contributed by atoms with van der Waals surface area (Å²) in [6.45, 7) is 2.26. The molecule has 1 aliphatic heterocycles. The van der Waals surface area contributed by atoms with Gasteiger partial charge in [-0.2, -0.15) is 5.10 Å². The number of benzene rings is 1. The minimum absolute atomic E-state index is 0.266. The van der Waals surface area contributed by atoms with Crippen LogP contribution >= 0.6 is 0 Å². The number of aryl methyl sites for hydroxylation is 1.